The van der Waals surface area contributed by atoms with Crippen molar-refractivity contribution in [3.63, 3.8) is 0 Å². The summed E-state index contributed by atoms with van der Waals surface area (Å²) in [5.74, 6) is 0.0304. The molecule has 1 aliphatic rings. The molecular formula is C19H13ClN2O5. The molecule has 0 aromatic heterocycles. The van der Waals surface area contributed by atoms with Gasteiger partial charge in [-0.1, -0.05) is 42.0 Å². The highest BCUT2D eigenvalue weighted by Gasteiger charge is 2.25. The molecule has 0 bridgehead atoms. The SMILES string of the molecule is COc1ccccc1C=CC=C1N=C(c2ccc(Cl)c([N+](=O)[O-])c2)OC1=O. The van der Waals surface area contributed by atoms with Gasteiger partial charge in [-0.3, -0.25) is 10.1 Å². The first-order valence-electron chi connectivity index (χ1n) is 7.76. The summed E-state index contributed by atoms with van der Waals surface area (Å²) in [4.78, 5) is 26.5. The quantitative estimate of drug-likeness (QED) is 0.334. The third kappa shape index (κ3) is 4.04. The lowest BCUT2D eigenvalue weighted by atomic mass is 10.2. The zero-order valence-corrected chi connectivity index (χ0v) is 14.8. The molecule has 0 fully saturated rings. The van der Waals surface area contributed by atoms with Gasteiger partial charge in [-0.2, -0.15) is 0 Å². The van der Waals surface area contributed by atoms with Crippen molar-refractivity contribution in [1.29, 1.82) is 0 Å². The van der Waals surface area contributed by atoms with E-state index < -0.39 is 10.9 Å². The smallest absolute Gasteiger partial charge is 0.363 e. The molecule has 0 unspecified atom stereocenters. The van der Waals surface area contributed by atoms with Gasteiger partial charge in [-0.25, -0.2) is 9.79 Å². The van der Waals surface area contributed by atoms with E-state index in [1.165, 1.54) is 24.3 Å². The summed E-state index contributed by atoms with van der Waals surface area (Å²) in [6.07, 6.45) is 4.90. The van der Waals surface area contributed by atoms with Crippen LogP contribution in [0.3, 0.4) is 0 Å². The number of benzene rings is 2. The first-order chi connectivity index (χ1) is 13.0. The van der Waals surface area contributed by atoms with Crippen LogP contribution >= 0.6 is 11.6 Å². The Labute approximate surface area is 159 Å². The topological polar surface area (TPSA) is 91.0 Å². The maximum atomic E-state index is 12.0. The molecular weight excluding hydrogens is 372 g/mol. The second-order valence-electron chi connectivity index (χ2n) is 5.38. The van der Waals surface area contributed by atoms with Crippen molar-refractivity contribution in [3.8, 4) is 5.75 Å². The fourth-order valence-corrected chi connectivity index (χ4v) is 2.57. The summed E-state index contributed by atoms with van der Waals surface area (Å²) in [6.45, 7) is 0. The zero-order valence-electron chi connectivity index (χ0n) is 14.1. The number of halogens is 1. The van der Waals surface area contributed by atoms with E-state index in [0.29, 0.717) is 5.75 Å². The number of cyclic esters (lactones) is 1. The largest absolute Gasteiger partial charge is 0.496 e. The molecule has 0 atom stereocenters. The van der Waals surface area contributed by atoms with Crippen molar-refractivity contribution in [3.05, 3.63) is 86.6 Å². The van der Waals surface area contributed by atoms with E-state index in [0.717, 1.165) is 5.56 Å². The number of methoxy groups -OCH3 is 1. The molecule has 27 heavy (non-hydrogen) atoms. The Morgan fingerprint density at radius 3 is 2.78 bits per heavy atom. The Bertz CT molecular complexity index is 1010. The fourth-order valence-electron chi connectivity index (χ4n) is 2.38. The Morgan fingerprint density at radius 1 is 1.26 bits per heavy atom. The number of hydrogen-bond donors (Lipinski definition) is 0. The van der Waals surface area contributed by atoms with Gasteiger partial charge in [-0.15, -0.1) is 0 Å². The predicted octanol–water partition coefficient (Wildman–Crippen LogP) is 4.16. The number of esters is 1. The number of aliphatic imine (C=N–C) groups is 1. The van der Waals surface area contributed by atoms with Crippen molar-refractivity contribution in [1.82, 2.24) is 0 Å². The van der Waals surface area contributed by atoms with Crippen molar-refractivity contribution in [2.45, 2.75) is 0 Å². The van der Waals surface area contributed by atoms with Gasteiger partial charge in [0.1, 0.15) is 10.8 Å². The standard InChI is InChI=1S/C19H13ClN2O5/c1-26-17-8-3-2-5-12(17)6-4-7-15-19(23)27-18(21-15)13-9-10-14(20)16(11-13)22(24)25/h2-11H,1H3. The second-order valence-corrected chi connectivity index (χ2v) is 5.79. The molecule has 0 saturated carbocycles. The number of para-hydroxylation sites is 1. The Balaban J connectivity index is 1.86. The van der Waals surface area contributed by atoms with Crippen LogP contribution in [0.5, 0.6) is 5.75 Å². The van der Waals surface area contributed by atoms with Crippen LogP contribution in [0.2, 0.25) is 5.02 Å². The number of ether oxygens (including phenoxy) is 2. The molecule has 0 spiro atoms. The molecule has 1 aliphatic heterocycles. The highest BCUT2D eigenvalue weighted by molar-refractivity contribution is 6.32. The summed E-state index contributed by atoms with van der Waals surface area (Å²) in [7, 11) is 1.57. The Hall–Kier alpha value is -3.45. The van der Waals surface area contributed by atoms with E-state index in [-0.39, 0.29) is 27.9 Å². The minimum absolute atomic E-state index is 0.0100. The second kappa shape index (κ2) is 7.84. The van der Waals surface area contributed by atoms with Crippen LogP contribution in [0.15, 0.2) is 65.3 Å². The average molecular weight is 385 g/mol. The number of nitrogens with zero attached hydrogens (tertiary/aromatic N) is 2. The minimum atomic E-state index is -0.646. The zero-order chi connectivity index (χ0) is 19.4. The third-order valence-corrected chi connectivity index (χ3v) is 4.00. The molecule has 0 amide bonds. The maximum Gasteiger partial charge on any atom is 0.363 e. The highest BCUT2D eigenvalue weighted by atomic mass is 35.5. The van der Waals surface area contributed by atoms with Gasteiger partial charge in [0, 0.05) is 17.2 Å². The van der Waals surface area contributed by atoms with Crippen LogP contribution in [0.1, 0.15) is 11.1 Å². The van der Waals surface area contributed by atoms with Gasteiger partial charge in [0.2, 0.25) is 5.90 Å². The normalized spacial score (nSPS) is 15.1. The fraction of sp³-hybridized carbons (Fsp3) is 0.0526. The van der Waals surface area contributed by atoms with Gasteiger partial charge in [0.15, 0.2) is 5.70 Å². The number of hydrogen-bond acceptors (Lipinski definition) is 6. The average Bonchev–Trinajstić information content (AvgIpc) is 3.03. The molecule has 0 aliphatic carbocycles. The highest BCUT2D eigenvalue weighted by Crippen LogP contribution is 2.27. The molecule has 0 radical (unpaired) electrons. The number of rotatable bonds is 5. The number of nitro groups is 1. The van der Waals surface area contributed by atoms with Crippen LogP contribution in [0.25, 0.3) is 6.08 Å². The van der Waals surface area contributed by atoms with Crippen molar-refractivity contribution >= 4 is 35.2 Å². The van der Waals surface area contributed by atoms with E-state index in [4.69, 9.17) is 21.1 Å². The van der Waals surface area contributed by atoms with Crippen molar-refractivity contribution < 1.29 is 19.2 Å². The third-order valence-electron chi connectivity index (χ3n) is 3.68. The van der Waals surface area contributed by atoms with Gasteiger partial charge in [-0.05, 0) is 24.3 Å². The van der Waals surface area contributed by atoms with Gasteiger partial charge < -0.3 is 9.47 Å². The maximum absolute atomic E-state index is 12.0. The molecule has 8 heteroatoms. The first-order valence-corrected chi connectivity index (χ1v) is 8.14. The number of carbonyl (C=O) groups is 1. The molecule has 2 aromatic carbocycles. The minimum Gasteiger partial charge on any atom is -0.496 e. The summed E-state index contributed by atoms with van der Waals surface area (Å²) < 4.78 is 10.3. The number of nitro benzene ring substituents is 1. The van der Waals surface area contributed by atoms with Crippen LogP contribution < -0.4 is 4.74 Å². The summed E-state index contributed by atoms with van der Waals surface area (Å²) in [5.41, 5.74) is 0.910. The molecule has 0 N–H and O–H groups in total. The van der Waals surface area contributed by atoms with Gasteiger partial charge in [0.05, 0.1) is 12.0 Å². The molecule has 0 saturated heterocycles. The van der Waals surface area contributed by atoms with Crippen LogP contribution in [0, 0.1) is 10.1 Å². The summed E-state index contributed by atoms with van der Waals surface area (Å²) in [6, 6.07) is 11.5. The van der Waals surface area contributed by atoms with Crippen LogP contribution in [-0.4, -0.2) is 23.9 Å². The Kier molecular flexibility index (Phi) is 5.33. The molecule has 1 heterocycles. The first kappa shape index (κ1) is 18.3. The lowest BCUT2D eigenvalue weighted by molar-refractivity contribution is -0.384. The Morgan fingerprint density at radius 2 is 2.04 bits per heavy atom. The molecule has 3 rings (SSSR count). The van der Waals surface area contributed by atoms with Gasteiger partial charge >= 0.3 is 5.97 Å². The number of carbonyl (C=O) groups excluding carboxylic acids is 1. The van der Waals surface area contributed by atoms with E-state index in [2.05, 4.69) is 4.99 Å². The van der Waals surface area contributed by atoms with Crippen molar-refractivity contribution in [2.24, 2.45) is 4.99 Å². The lowest BCUT2D eigenvalue weighted by Crippen LogP contribution is -2.06. The number of allylic oxidation sites excluding steroid dienone is 2. The summed E-state index contributed by atoms with van der Waals surface area (Å²) in [5, 5.41) is 11.0. The molecule has 2 aromatic rings. The van der Waals surface area contributed by atoms with E-state index in [9.17, 15) is 14.9 Å². The predicted molar refractivity (Wildman–Crippen MR) is 101 cm³/mol. The van der Waals surface area contributed by atoms with Crippen LogP contribution in [0.4, 0.5) is 5.69 Å². The van der Waals surface area contributed by atoms with Gasteiger partial charge in [0.25, 0.3) is 5.69 Å². The van der Waals surface area contributed by atoms with Crippen molar-refractivity contribution in [2.75, 3.05) is 7.11 Å². The van der Waals surface area contributed by atoms with E-state index >= 15 is 0 Å². The van der Waals surface area contributed by atoms with Crippen LogP contribution in [-0.2, 0) is 9.53 Å². The molecule has 136 valence electrons. The molecule has 7 nitrogen and oxygen atoms in total. The monoisotopic (exact) mass is 384 g/mol. The lowest BCUT2D eigenvalue weighted by Gasteiger charge is -2.02. The van der Waals surface area contributed by atoms with E-state index in [1.807, 2.05) is 24.3 Å². The summed E-state index contributed by atoms with van der Waals surface area (Å²) >= 11 is 5.79. The van der Waals surface area contributed by atoms with E-state index in [1.54, 1.807) is 19.3 Å².